The third-order valence-electron chi connectivity index (χ3n) is 4.24. The Hall–Kier alpha value is -3.27. The van der Waals surface area contributed by atoms with E-state index in [0.29, 0.717) is 29.3 Å². The second kappa shape index (κ2) is 8.39. The Morgan fingerprint density at radius 1 is 1.14 bits per heavy atom. The van der Waals surface area contributed by atoms with E-state index in [0.717, 1.165) is 6.26 Å². The van der Waals surface area contributed by atoms with Crippen molar-refractivity contribution in [1.29, 1.82) is 0 Å². The zero-order chi connectivity index (χ0) is 21.0. The van der Waals surface area contributed by atoms with Gasteiger partial charge < -0.3 is 20.5 Å². The fraction of sp³-hybridized carbons (Fsp3) is 0.263. The summed E-state index contributed by atoms with van der Waals surface area (Å²) in [5.41, 5.74) is 6.39. The highest BCUT2D eigenvalue weighted by molar-refractivity contribution is 7.92. The number of hydrogen-bond acceptors (Lipinski definition) is 6. The molecule has 0 spiro atoms. The molecule has 0 aliphatic carbocycles. The molecule has 0 aromatic heterocycles. The number of nitrogens with one attached hydrogen (secondary N) is 1. The number of carbonyl (C=O) groups is 2. The van der Waals surface area contributed by atoms with Crippen LogP contribution in [0.5, 0.6) is 11.5 Å². The van der Waals surface area contributed by atoms with Crippen LogP contribution in [0.15, 0.2) is 42.5 Å². The van der Waals surface area contributed by atoms with Crippen LogP contribution in [-0.2, 0) is 14.8 Å². The summed E-state index contributed by atoms with van der Waals surface area (Å²) in [5, 5.41) is 2.67. The third kappa shape index (κ3) is 5.17. The number of nitrogens with zero attached hydrogens (tertiary/aromatic N) is 1. The van der Waals surface area contributed by atoms with E-state index in [4.69, 9.17) is 15.2 Å². The monoisotopic (exact) mass is 419 g/mol. The fourth-order valence-corrected chi connectivity index (χ4v) is 3.84. The average molecular weight is 419 g/mol. The van der Waals surface area contributed by atoms with Gasteiger partial charge in [0.15, 0.2) is 11.5 Å². The summed E-state index contributed by atoms with van der Waals surface area (Å²) in [6.45, 7) is 0.210. The molecule has 10 heteroatoms. The van der Waals surface area contributed by atoms with Crippen LogP contribution in [0.2, 0.25) is 0 Å². The van der Waals surface area contributed by atoms with E-state index in [-0.39, 0.29) is 31.2 Å². The molecule has 1 aliphatic heterocycles. The minimum atomic E-state index is -3.55. The molecule has 2 aromatic rings. The second-order valence-electron chi connectivity index (χ2n) is 6.47. The maximum atomic E-state index is 12.2. The summed E-state index contributed by atoms with van der Waals surface area (Å²) in [7, 11) is -3.55. The van der Waals surface area contributed by atoms with Crippen LogP contribution in [0, 0.1) is 0 Å². The molecule has 1 aliphatic rings. The number of amides is 2. The van der Waals surface area contributed by atoms with Crippen molar-refractivity contribution in [2.24, 2.45) is 5.73 Å². The second-order valence-corrected chi connectivity index (χ2v) is 8.38. The van der Waals surface area contributed by atoms with Gasteiger partial charge in [-0.25, -0.2) is 8.42 Å². The summed E-state index contributed by atoms with van der Waals surface area (Å²) in [6, 6.07) is 11.2. The van der Waals surface area contributed by atoms with E-state index >= 15 is 0 Å². The summed E-state index contributed by atoms with van der Waals surface area (Å²) in [5.74, 6) is 0.141. The van der Waals surface area contributed by atoms with Gasteiger partial charge in [0, 0.05) is 30.3 Å². The van der Waals surface area contributed by atoms with Crippen molar-refractivity contribution < 1.29 is 27.5 Å². The first-order valence-electron chi connectivity index (χ1n) is 8.81. The molecule has 154 valence electrons. The van der Waals surface area contributed by atoms with Crippen molar-refractivity contribution in [3.05, 3.63) is 48.0 Å². The number of hydrogen-bond donors (Lipinski definition) is 2. The molecule has 0 saturated carbocycles. The maximum Gasteiger partial charge on any atom is 0.248 e. The highest BCUT2D eigenvalue weighted by atomic mass is 32.2. The molecule has 0 unspecified atom stereocenters. The number of sulfonamides is 1. The van der Waals surface area contributed by atoms with Gasteiger partial charge in [0.05, 0.1) is 11.9 Å². The Kier molecular flexibility index (Phi) is 5.92. The first-order chi connectivity index (χ1) is 13.7. The van der Waals surface area contributed by atoms with E-state index in [2.05, 4.69) is 5.32 Å². The van der Waals surface area contributed by atoms with Gasteiger partial charge in [-0.2, -0.15) is 0 Å². The van der Waals surface area contributed by atoms with Crippen molar-refractivity contribution >= 4 is 33.2 Å². The predicted molar refractivity (Wildman–Crippen MR) is 108 cm³/mol. The lowest BCUT2D eigenvalue weighted by Crippen LogP contribution is -2.31. The summed E-state index contributed by atoms with van der Waals surface area (Å²) < 4.78 is 36.2. The number of fused-ring (bicyclic) bond motifs is 1. The van der Waals surface area contributed by atoms with Gasteiger partial charge in [0.1, 0.15) is 0 Å². The zero-order valence-electron chi connectivity index (χ0n) is 15.8. The highest BCUT2D eigenvalue weighted by Crippen LogP contribution is 2.36. The van der Waals surface area contributed by atoms with Crippen molar-refractivity contribution in [3.63, 3.8) is 0 Å². The van der Waals surface area contributed by atoms with Gasteiger partial charge >= 0.3 is 0 Å². The van der Waals surface area contributed by atoms with E-state index in [1.807, 2.05) is 0 Å². The maximum absolute atomic E-state index is 12.2. The average Bonchev–Trinajstić information content (AvgIpc) is 3.12. The molecule has 0 fully saturated rings. The van der Waals surface area contributed by atoms with Crippen LogP contribution in [0.1, 0.15) is 23.2 Å². The molecule has 3 N–H and O–H groups in total. The van der Waals surface area contributed by atoms with Gasteiger partial charge in [-0.1, -0.05) is 6.07 Å². The van der Waals surface area contributed by atoms with Gasteiger partial charge in [-0.3, -0.25) is 13.9 Å². The van der Waals surface area contributed by atoms with Crippen molar-refractivity contribution in [2.45, 2.75) is 12.8 Å². The summed E-state index contributed by atoms with van der Waals surface area (Å²) >= 11 is 0. The van der Waals surface area contributed by atoms with E-state index in [1.54, 1.807) is 36.4 Å². The lowest BCUT2D eigenvalue weighted by atomic mass is 10.2. The fourth-order valence-electron chi connectivity index (χ4n) is 2.88. The van der Waals surface area contributed by atoms with Crippen LogP contribution in [-0.4, -0.2) is 39.8 Å². The normalized spacial score (nSPS) is 12.4. The number of ether oxygens (including phenoxy) is 2. The topological polar surface area (TPSA) is 128 Å². The zero-order valence-corrected chi connectivity index (χ0v) is 16.6. The predicted octanol–water partition coefficient (Wildman–Crippen LogP) is 1.70. The molecule has 0 bridgehead atoms. The number of anilines is 2. The molecule has 0 saturated heterocycles. The first kappa shape index (κ1) is 20.5. The molecule has 2 amide bonds. The molecule has 29 heavy (non-hydrogen) atoms. The minimum absolute atomic E-state index is 0.0921. The van der Waals surface area contributed by atoms with Crippen LogP contribution in [0.4, 0.5) is 11.4 Å². The number of carbonyl (C=O) groups excluding carboxylic acids is 2. The molecule has 0 atom stereocenters. The Morgan fingerprint density at radius 3 is 2.62 bits per heavy atom. The lowest BCUT2D eigenvalue weighted by Gasteiger charge is -2.22. The molecular formula is C19H21N3O6S. The number of nitrogens with two attached hydrogens (primary N) is 1. The first-order valence-corrected chi connectivity index (χ1v) is 10.7. The summed E-state index contributed by atoms with van der Waals surface area (Å²) in [4.78, 5) is 23.4. The molecule has 2 aromatic carbocycles. The highest BCUT2D eigenvalue weighted by Gasteiger charge is 2.21. The van der Waals surface area contributed by atoms with E-state index < -0.39 is 15.9 Å². The van der Waals surface area contributed by atoms with Crippen LogP contribution >= 0.6 is 0 Å². The lowest BCUT2D eigenvalue weighted by molar-refractivity contribution is -0.116. The van der Waals surface area contributed by atoms with E-state index in [1.165, 1.54) is 10.4 Å². The van der Waals surface area contributed by atoms with Gasteiger partial charge in [-0.15, -0.1) is 0 Å². The number of primary amides is 1. The Labute approximate surface area is 168 Å². The molecule has 3 rings (SSSR count). The third-order valence-corrected chi connectivity index (χ3v) is 5.43. The van der Waals surface area contributed by atoms with Crippen molar-refractivity contribution in [1.82, 2.24) is 0 Å². The van der Waals surface area contributed by atoms with Crippen LogP contribution in [0.25, 0.3) is 0 Å². The smallest absolute Gasteiger partial charge is 0.248 e. The van der Waals surface area contributed by atoms with Crippen molar-refractivity contribution in [3.8, 4) is 11.5 Å². The largest absolute Gasteiger partial charge is 0.454 e. The summed E-state index contributed by atoms with van der Waals surface area (Å²) in [6.07, 6.45) is 1.49. The Bertz CT molecular complexity index is 1040. The van der Waals surface area contributed by atoms with Crippen molar-refractivity contribution in [2.75, 3.05) is 29.2 Å². The Morgan fingerprint density at radius 2 is 1.90 bits per heavy atom. The standard InChI is InChI=1S/C19H21N3O6S/c1-29(25,26)22(15-7-8-16-17(11-15)28-12-27-16)9-3-6-18(23)21-14-5-2-4-13(10-14)19(20)24/h2,4-5,7-8,10-11H,3,6,9,12H2,1H3,(H2,20,24)(H,21,23). The van der Waals surface area contributed by atoms with Gasteiger partial charge in [-0.05, 0) is 36.8 Å². The number of rotatable bonds is 8. The SMILES string of the molecule is CS(=O)(=O)N(CCCC(=O)Nc1cccc(C(N)=O)c1)c1ccc2c(c1)OCO2. The van der Waals surface area contributed by atoms with Crippen LogP contribution < -0.4 is 24.8 Å². The van der Waals surface area contributed by atoms with E-state index in [9.17, 15) is 18.0 Å². The molecule has 9 nitrogen and oxygen atoms in total. The Balaban J connectivity index is 1.61. The number of benzene rings is 2. The van der Waals surface area contributed by atoms with Gasteiger partial charge in [0.2, 0.25) is 28.6 Å². The molecular weight excluding hydrogens is 398 g/mol. The minimum Gasteiger partial charge on any atom is -0.454 e. The molecule has 1 heterocycles. The van der Waals surface area contributed by atoms with Crippen LogP contribution in [0.3, 0.4) is 0 Å². The van der Waals surface area contributed by atoms with Gasteiger partial charge in [0.25, 0.3) is 0 Å². The molecule has 0 radical (unpaired) electrons. The quantitative estimate of drug-likeness (QED) is 0.670.